The highest BCUT2D eigenvalue weighted by atomic mass is 28.4. The quantitative estimate of drug-likeness (QED) is 0.414. The number of ketones is 1. The summed E-state index contributed by atoms with van der Waals surface area (Å²) in [4.78, 5) is 12.1. The molecule has 3 heteroatoms. The Bertz CT molecular complexity index is 747. The normalized spacial score (nSPS) is 41.8. The van der Waals surface area contributed by atoms with Gasteiger partial charge in [0.15, 0.2) is 14.1 Å². The van der Waals surface area contributed by atoms with Gasteiger partial charge in [0.05, 0.1) is 0 Å². The second kappa shape index (κ2) is 7.83. The average molecular weight is 445 g/mol. The van der Waals surface area contributed by atoms with Crippen LogP contribution in [0.5, 0.6) is 0 Å². The Morgan fingerprint density at radius 2 is 1.77 bits per heavy atom. The molecule has 0 aromatic carbocycles. The highest BCUT2D eigenvalue weighted by molar-refractivity contribution is 6.74. The Balaban J connectivity index is 1.48. The Kier molecular flexibility index (Phi) is 5.99. The fraction of sp³-hybridized carbons (Fsp3) is 0.893. The Morgan fingerprint density at radius 1 is 1.06 bits per heavy atom. The number of rotatable bonds is 4. The molecule has 4 rings (SSSR count). The molecule has 0 bridgehead atoms. The first-order chi connectivity index (χ1) is 14.3. The van der Waals surface area contributed by atoms with Crippen molar-refractivity contribution in [1.82, 2.24) is 0 Å². The maximum atomic E-state index is 12.1. The van der Waals surface area contributed by atoms with Gasteiger partial charge in [-0.25, -0.2) is 0 Å². The molecule has 7 atom stereocenters. The number of allylic oxidation sites excluding steroid dienone is 1. The Morgan fingerprint density at radius 3 is 2.45 bits per heavy atom. The van der Waals surface area contributed by atoms with E-state index in [0.717, 1.165) is 43.1 Å². The number of carbonyl (C=O) groups is 1. The van der Waals surface area contributed by atoms with E-state index in [-0.39, 0.29) is 5.04 Å². The van der Waals surface area contributed by atoms with E-state index < -0.39 is 8.32 Å². The van der Waals surface area contributed by atoms with Crippen LogP contribution in [0.3, 0.4) is 0 Å². The van der Waals surface area contributed by atoms with Crippen molar-refractivity contribution < 1.29 is 9.22 Å². The topological polar surface area (TPSA) is 26.3 Å². The van der Waals surface area contributed by atoms with Crippen molar-refractivity contribution in [1.29, 1.82) is 0 Å². The van der Waals surface area contributed by atoms with Crippen molar-refractivity contribution in [3.8, 4) is 0 Å². The summed E-state index contributed by atoms with van der Waals surface area (Å²) in [5.41, 5.74) is 2.28. The molecule has 0 saturated heterocycles. The van der Waals surface area contributed by atoms with Crippen LogP contribution in [0.2, 0.25) is 18.1 Å². The first kappa shape index (κ1) is 23.7. The molecular weight excluding hydrogens is 396 g/mol. The molecule has 3 saturated carbocycles. The zero-order valence-electron chi connectivity index (χ0n) is 21.6. The van der Waals surface area contributed by atoms with E-state index in [4.69, 9.17) is 4.43 Å². The van der Waals surface area contributed by atoms with Gasteiger partial charge < -0.3 is 4.43 Å². The highest BCUT2D eigenvalue weighted by Gasteiger charge is 2.59. The van der Waals surface area contributed by atoms with Gasteiger partial charge in [-0.15, -0.1) is 0 Å². The maximum Gasteiger partial charge on any atom is 0.191 e. The summed E-state index contributed by atoms with van der Waals surface area (Å²) in [7, 11) is -1.68. The molecule has 2 nitrogen and oxygen atoms in total. The minimum Gasteiger partial charge on any atom is -0.417 e. The van der Waals surface area contributed by atoms with Crippen LogP contribution in [0.1, 0.15) is 92.9 Å². The van der Waals surface area contributed by atoms with Gasteiger partial charge in [-0.05, 0) is 110 Å². The van der Waals surface area contributed by atoms with Crippen LogP contribution < -0.4 is 0 Å². The van der Waals surface area contributed by atoms with E-state index in [1.54, 1.807) is 0 Å². The molecule has 0 aromatic rings. The molecule has 0 amide bonds. The van der Waals surface area contributed by atoms with Gasteiger partial charge in [0.1, 0.15) is 0 Å². The third-order valence-corrected chi connectivity index (χ3v) is 15.7. The van der Waals surface area contributed by atoms with E-state index in [9.17, 15) is 4.79 Å². The van der Waals surface area contributed by atoms with Gasteiger partial charge in [0, 0.05) is 13.0 Å². The maximum absolute atomic E-state index is 12.1. The molecule has 4 aliphatic rings. The zero-order chi connectivity index (χ0) is 22.8. The van der Waals surface area contributed by atoms with Crippen LogP contribution in [-0.2, 0) is 9.22 Å². The Labute approximate surface area is 193 Å². The zero-order valence-corrected chi connectivity index (χ0v) is 22.6. The summed E-state index contributed by atoms with van der Waals surface area (Å²) in [5.74, 6) is 4.39. The van der Waals surface area contributed by atoms with Gasteiger partial charge >= 0.3 is 0 Å². The lowest BCUT2D eigenvalue weighted by molar-refractivity contribution is -0.117. The molecule has 0 radical (unpaired) electrons. The molecule has 0 aliphatic heterocycles. The van der Waals surface area contributed by atoms with Gasteiger partial charge in [0.2, 0.25) is 0 Å². The fourth-order valence-electron chi connectivity index (χ4n) is 8.21. The molecule has 0 unspecified atom stereocenters. The highest BCUT2D eigenvalue weighted by Crippen LogP contribution is 2.67. The molecule has 3 fully saturated rings. The predicted molar refractivity (Wildman–Crippen MR) is 133 cm³/mol. The van der Waals surface area contributed by atoms with E-state index in [1.165, 1.54) is 44.1 Å². The van der Waals surface area contributed by atoms with Crippen LogP contribution in [0.15, 0.2) is 11.6 Å². The van der Waals surface area contributed by atoms with Crippen LogP contribution in [0.25, 0.3) is 0 Å². The minimum absolute atomic E-state index is 0.289. The van der Waals surface area contributed by atoms with Crippen molar-refractivity contribution in [2.24, 2.45) is 40.4 Å². The van der Waals surface area contributed by atoms with Crippen molar-refractivity contribution >= 4 is 14.1 Å². The summed E-state index contributed by atoms with van der Waals surface area (Å²) in [6, 6.07) is 0. The summed E-state index contributed by atoms with van der Waals surface area (Å²) >= 11 is 0. The molecule has 0 aromatic heterocycles. The van der Waals surface area contributed by atoms with Crippen molar-refractivity contribution in [3.05, 3.63) is 11.6 Å². The van der Waals surface area contributed by atoms with E-state index >= 15 is 0 Å². The van der Waals surface area contributed by atoms with Gasteiger partial charge in [-0.1, -0.05) is 47.1 Å². The second-order valence-corrected chi connectivity index (χ2v) is 18.6. The molecule has 0 spiro atoms. The smallest absolute Gasteiger partial charge is 0.191 e. The predicted octanol–water partition coefficient (Wildman–Crippen LogP) is 7.79. The average Bonchev–Trinajstić information content (AvgIpc) is 3.03. The molecule has 0 heterocycles. The van der Waals surface area contributed by atoms with E-state index in [0.29, 0.717) is 22.5 Å². The van der Waals surface area contributed by atoms with Gasteiger partial charge in [-0.2, -0.15) is 0 Å². The number of hydrogen-bond donors (Lipinski definition) is 0. The van der Waals surface area contributed by atoms with Crippen LogP contribution in [0, 0.1) is 40.4 Å². The minimum atomic E-state index is -1.68. The van der Waals surface area contributed by atoms with E-state index in [2.05, 4.69) is 54.6 Å². The molecule has 31 heavy (non-hydrogen) atoms. The number of hydrogen-bond acceptors (Lipinski definition) is 2. The first-order valence-corrected chi connectivity index (χ1v) is 16.1. The van der Waals surface area contributed by atoms with Crippen LogP contribution in [-0.4, -0.2) is 20.7 Å². The lowest BCUT2D eigenvalue weighted by atomic mass is 9.46. The van der Waals surface area contributed by atoms with Crippen molar-refractivity contribution in [2.45, 2.75) is 111 Å². The van der Waals surface area contributed by atoms with Crippen molar-refractivity contribution in [3.63, 3.8) is 0 Å². The standard InChI is InChI=1S/C28H48O2Si/c1-19(18-30-31(7,8)26(2,3)4)23-11-12-24-22-10-9-20-17-21(29)13-15-27(20,5)25(22)14-16-28(23,24)6/h17,19,22-25H,9-16,18H2,1-8H3/t19-,22+,23-,24+,25+,27+,28-/m1/s1. The molecule has 176 valence electrons. The fourth-order valence-corrected chi connectivity index (χ4v) is 9.32. The second-order valence-electron chi connectivity index (χ2n) is 13.7. The third-order valence-electron chi connectivity index (χ3n) is 11.2. The van der Waals surface area contributed by atoms with Crippen LogP contribution >= 0.6 is 0 Å². The molecule has 4 aliphatic carbocycles. The summed E-state index contributed by atoms with van der Waals surface area (Å²) in [6.45, 7) is 20.4. The molecule has 0 N–H and O–H groups in total. The van der Waals surface area contributed by atoms with Crippen molar-refractivity contribution in [2.75, 3.05) is 6.61 Å². The number of fused-ring (bicyclic) bond motifs is 5. The monoisotopic (exact) mass is 444 g/mol. The Hall–Kier alpha value is -0.413. The first-order valence-electron chi connectivity index (χ1n) is 13.2. The molecular formula is C28H48O2Si. The van der Waals surface area contributed by atoms with Gasteiger partial charge in [0.25, 0.3) is 0 Å². The van der Waals surface area contributed by atoms with Crippen LogP contribution in [0.4, 0.5) is 0 Å². The lowest BCUT2D eigenvalue weighted by Crippen LogP contribution is -2.51. The van der Waals surface area contributed by atoms with Gasteiger partial charge in [-0.3, -0.25) is 4.79 Å². The lowest BCUT2D eigenvalue weighted by Gasteiger charge is -2.58. The summed E-state index contributed by atoms with van der Waals surface area (Å²) in [5, 5.41) is 0.289. The summed E-state index contributed by atoms with van der Waals surface area (Å²) < 4.78 is 6.70. The largest absolute Gasteiger partial charge is 0.417 e. The van der Waals surface area contributed by atoms with E-state index in [1.807, 2.05) is 6.08 Å². The SMILES string of the molecule is C[C@H](CO[Si](C)(C)C(C)(C)C)[C@H]1CC[C@H]2[C@@H]3CCC4=CC(=O)CC[C@]4(C)[C@H]3CC[C@]12C. The third kappa shape index (κ3) is 3.84. The summed E-state index contributed by atoms with van der Waals surface area (Å²) in [6.07, 6.45) is 12.0. The number of carbonyl (C=O) groups excluding carboxylic acids is 1.